The van der Waals surface area contributed by atoms with E-state index in [2.05, 4.69) is 26.1 Å². The van der Waals surface area contributed by atoms with Crippen LogP contribution in [0, 0.1) is 0 Å². The summed E-state index contributed by atoms with van der Waals surface area (Å²) in [5, 5.41) is 9.79. The first-order valence-electron chi connectivity index (χ1n) is 9.14. The van der Waals surface area contributed by atoms with Crippen molar-refractivity contribution in [2.75, 3.05) is 25.0 Å². The lowest BCUT2D eigenvalue weighted by atomic mass is 10.1. The molecule has 26 heavy (non-hydrogen) atoms. The Morgan fingerprint density at radius 3 is 2.96 bits per heavy atom. The third-order valence-corrected chi connectivity index (χ3v) is 5.66. The Kier molecular flexibility index (Phi) is 3.45. The number of aromatic amines is 1. The maximum absolute atomic E-state index is 12.8. The first kappa shape index (κ1) is 15.4. The van der Waals surface area contributed by atoms with E-state index in [1.54, 1.807) is 0 Å². The normalized spacial score (nSPS) is 16.6. The molecule has 3 aromatic rings. The molecule has 0 bridgehead atoms. The van der Waals surface area contributed by atoms with Crippen molar-refractivity contribution in [3.05, 3.63) is 53.3 Å². The van der Waals surface area contributed by atoms with Gasteiger partial charge in [-0.15, -0.1) is 5.10 Å². The van der Waals surface area contributed by atoms with Crippen molar-refractivity contribution in [1.82, 2.24) is 20.1 Å². The van der Waals surface area contributed by atoms with Gasteiger partial charge in [-0.3, -0.25) is 4.79 Å². The number of hydrogen-bond acceptors (Lipinski definition) is 4. The van der Waals surface area contributed by atoms with Gasteiger partial charge in [-0.2, -0.15) is 5.10 Å². The molecule has 1 N–H and O–H groups in total. The summed E-state index contributed by atoms with van der Waals surface area (Å²) in [4.78, 5) is 20.0. The highest BCUT2D eigenvalue weighted by molar-refractivity contribution is 5.98. The Morgan fingerprint density at radius 2 is 2.08 bits per heavy atom. The van der Waals surface area contributed by atoms with Crippen molar-refractivity contribution in [3.63, 3.8) is 0 Å². The molecule has 0 saturated carbocycles. The first-order chi connectivity index (χ1) is 12.7. The van der Waals surface area contributed by atoms with Crippen LogP contribution in [0.4, 0.5) is 5.82 Å². The van der Waals surface area contributed by atoms with Gasteiger partial charge in [0, 0.05) is 42.8 Å². The number of aromatic nitrogens is 3. The lowest BCUT2D eigenvalue weighted by Gasteiger charge is -2.44. The van der Waals surface area contributed by atoms with E-state index >= 15 is 0 Å². The number of fused-ring (bicyclic) bond motifs is 2. The molecular weight excluding hydrogens is 326 g/mol. The minimum Gasteiger partial charge on any atom is -0.361 e. The van der Waals surface area contributed by atoms with E-state index in [9.17, 15) is 4.79 Å². The molecule has 6 heteroatoms. The van der Waals surface area contributed by atoms with Crippen LogP contribution in [0.1, 0.15) is 28.0 Å². The van der Waals surface area contributed by atoms with E-state index < -0.39 is 0 Å². The third kappa shape index (κ3) is 2.44. The van der Waals surface area contributed by atoms with Gasteiger partial charge in [-0.05, 0) is 55.2 Å². The zero-order chi connectivity index (χ0) is 17.7. The van der Waals surface area contributed by atoms with Gasteiger partial charge in [0.25, 0.3) is 5.91 Å². The smallest absolute Gasteiger partial charge is 0.253 e. The van der Waals surface area contributed by atoms with Crippen LogP contribution in [0.25, 0.3) is 10.9 Å². The Bertz CT molecular complexity index is 989. The summed E-state index contributed by atoms with van der Waals surface area (Å²) in [6, 6.07) is 10.2. The standard InChI is InChI=1S/C20H21N5O/c1-24(20(26)15-5-6-17-14(9-15)7-8-21-17)16-11-25(12-16)19-10-13-3-2-4-18(13)22-23-19/h5-10,16,21H,2-4,11-12H2,1H3. The minimum absolute atomic E-state index is 0.0674. The summed E-state index contributed by atoms with van der Waals surface area (Å²) in [5.74, 6) is 1.01. The molecule has 5 rings (SSSR count). The number of carbonyl (C=O) groups excluding carboxylic acids is 1. The maximum Gasteiger partial charge on any atom is 0.253 e. The fourth-order valence-electron chi connectivity index (χ4n) is 3.91. The van der Waals surface area contributed by atoms with Gasteiger partial charge in [-0.25, -0.2) is 0 Å². The Hall–Kier alpha value is -2.89. The van der Waals surface area contributed by atoms with Gasteiger partial charge in [0.1, 0.15) is 0 Å². The van der Waals surface area contributed by atoms with Crippen LogP contribution < -0.4 is 4.90 Å². The van der Waals surface area contributed by atoms with Crippen molar-refractivity contribution in [2.24, 2.45) is 0 Å². The first-order valence-corrected chi connectivity index (χ1v) is 9.14. The zero-order valence-corrected chi connectivity index (χ0v) is 14.8. The minimum atomic E-state index is 0.0674. The van der Waals surface area contributed by atoms with Crippen molar-refractivity contribution in [3.8, 4) is 0 Å². The van der Waals surface area contributed by atoms with E-state index in [0.29, 0.717) is 0 Å². The van der Waals surface area contributed by atoms with Crippen molar-refractivity contribution in [1.29, 1.82) is 0 Å². The van der Waals surface area contributed by atoms with Gasteiger partial charge in [0.2, 0.25) is 0 Å². The molecule has 3 heterocycles. The molecule has 0 radical (unpaired) electrons. The monoisotopic (exact) mass is 347 g/mol. The Morgan fingerprint density at radius 1 is 1.19 bits per heavy atom. The Balaban J connectivity index is 1.27. The molecule has 6 nitrogen and oxygen atoms in total. The molecule has 0 unspecified atom stereocenters. The van der Waals surface area contributed by atoms with E-state index in [-0.39, 0.29) is 11.9 Å². The number of amides is 1. The van der Waals surface area contributed by atoms with Crippen molar-refractivity contribution < 1.29 is 4.79 Å². The van der Waals surface area contributed by atoms with Gasteiger partial charge < -0.3 is 14.8 Å². The summed E-state index contributed by atoms with van der Waals surface area (Å²) < 4.78 is 0. The van der Waals surface area contributed by atoms with E-state index in [1.165, 1.54) is 12.0 Å². The number of benzene rings is 1. The molecule has 132 valence electrons. The fourth-order valence-corrected chi connectivity index (χ4v) is 3.91. The summed E-state index contributed by atoms with van der Waals surface area (Å²) in [6.07, 6.45) is 5.23. The molecular formula is C20H21N5O. The third-order valence-electron chi connectivity index (χ3n) is 5.66. The number of nitrogens with zero attached hydrogens (tertiary/aromatic N) is 4. The molecule has 0 spiro atoms. The number of anilines is 1. The molecule has 1 amide bonds. The van der Waals surface area contributed by atoms with E-state index in [1.807, 2.05) is 42.4 Å². The molecule has 2 aliphatic rings. The van der Waals surface area contributed by atoms with Crippen LogP contribution in [0.3, 0.4) is 0 Å². The topological polar surface area (TPSA) is 65.1 Å². The molecule has 1 aromatic carbocycles. The predicted octanol–water partition coefficient (Wildman–Crippen LogP) is 2.41. The maximum atomic E-state index is 12.8. The summed E-state index contributed by atoms with van der Waals surface area (Å²) in [6.45, 7) is 1.62. The molecule has 1 fully saturated rings. The number of likely N-dealkylation sites (N-methyl/N-ethyl adjacent to an activating group) is 1. The average Bonchev–Trinajstić information content (AvgIpc) is 3.27. The summed E-state index contributed by atoms with van der Waals surface area (Å²) in [7, 11) is 1.89. The number of carbonyl (C=O) groups is 1. The van der Waals surface area contributed by atoms with Crippen molar-refractivity contribution >= 4 is 22.6 Å². The number of nitrogens with one attached hydrogen (secondary N) is 1. The predicted molar refractivity (Wildman–Crippen MR) is 100 cm³/mol. The summed E-state index contributed by atoms with van der Waals surface area (Å²) >= 11 is 0. The average molecular weight is 347 g/mol. The second-order valence-electron chi connectivity index (χ2n) is 7.28. The molecule has 1 aliphatic carbocycles. The van der Waals surface area contributed by atoms with E-state index in [0.717, 1.165) is 53.9 Å². The van der Waals surface area contributed by atoms with Crippen molar-refractivity contribution in [2.45, 2.75) is 25.3 Å². The second kappa shape index (κ2) is 5.83. The number of H-pyrrole nitrogens is 1. The highest BCUT2D eigenvalue weighted by atomic mass is 16.2. The van der Waals surface area contributed by atoms with Gasteiger partial charge in [-0.1, -0.05) is 0 Å². The highest BCUT2D eigenvalue weighted by Crippen LogP contribution is 2.27. The molecule has 1 aliphatic heterocycles. The molecule has 0 atom stereocenters. The molecule has 2 aromatic heterocycles. The van der Waals surface area contributed by atoms with Gasteiger partial charge in [0.05, 0.1) is 11.7 Å². The van der Waals surface area contributed by atoms with Crippen LogP contribution in [-0.2, 0) is 12.8 Å². The Labute approximate surface area is 151 Å². The lowest BCUT2D eigenvalue weighted by molar-refractivity contribution is 0.0705. The van der Waals surface area contributed by atoms with Crippen LogP contribution in [0.2, 0.25) is 0 Å². The fraction of sp³-hybridized carbons (Fsp3) is 0.350. The van der Waals surface area contributed by atoms with Crippen LogP contribution in [0.15, 0.2) is 36.5 Å². The zero-order valence-electron chi connectivity index (χ0n) is 14.8. The largest absolute Gasteiger partial charge is 0.361 e. The molecule has 1 saturated heterocycles. The second-order valence-corrected chi connectivity index (χ2v) is 7.28. The highest BCUT2D eigenvalue weighted by Gasteiger charge is 2.34. The summed E-state index contributed by atoms with van der Waals surface area (Å²) in [5.41, 5.74) is 4.27. The van der Waals surface area contributed by atoms with Crippen LogP contribution in [-0.4, -0.2) is 52.2 Å². The number of aryl methyl sites for hydroxylation is 2. The number of rotatable bonds is 3. The van der Waals surface area contributed by atoms with Gasteiger partial charge >= 0.3 is 0 Å². The van der Waals surface area contributed by atoms with Gasteiger partial charge in [0.15, 0.2) is 5.82 Å². The van der Waals surface area contributed by atoms with E-state index in [4.69, 9.17) is 0 Å². The lowest BCUT2D eigenvalue weighted by Crippen LogP contribution is -2.60. The van der Waals surface area contributed by atoms with Crippen LogP contribution in [0.5, 0.6) is 0 Å². The SMILES string of the molecule is CN(C(=O)c1ccc2[nH]ccc2c1)C1CN(c2cc3c(nn2)CCC3)C1. The number of hydrogen-bond donors (Lipinski definition) is 1. The quantitative estimate of drug-likeness (QED) is 0.790. The van der Waals surface area contributed by atoms with Crippen LogP contribution >= 0.6 is 0 Å².